The molecule has 3 aliphatic heterocycles. The van der Waals surface area contributed by atoms with E-state index in [4.69, 9.17) is 29.2 Å². The molecule has 0 amide bonds. The molecule has 3 aliphatic rings. The van der Waals surface area contributed by atoms with Crippen LogP contribution in [-0.4, -0.2) is 78.8 Å². The lowest BCUT2D eigenvalue weighted by atomic mass is 9.78. The van der Waals surface area contributed by atoms with E-state index in [2.05, 4.69) is 29.7 Å². The molecule has 2 aromatic heterocycles. The van der Waals surface area contributed by atoms with E-state index in [9.17, 15) is 5.11 Å². The minimum Gasteiger partial charge on any atom is -0.496 e. The van der Waals surface area contributed by atoms with Gasteiger partial charge in [0.1, 0.15) is 11.6 Å². The van der Waals surface area contributed by atoms with Gasteiger partial charge in [0.25, 0.3) is 0 Å². The second-order valence-electron chi connectivity index (χ2n) is 10.1. The number of aromatic nitrogens is 3. The first-order chi connectivity index (χ1) is 17.0. The lowest BCUT2D eigenvalue weighted by Crippen LogP contribution is -2.66. The number of ether oxygens (including phenoxy) is 3. The normalized spacial score (nSPS) is 23.3. The molecule has 0 saturated carbocycles. The molecule has 9 heteroatoms. The van der Waals surface area contributed by atoms with E-state index in [1.54, 1.807) is 7.11 Å². The highest BCUT2D eigenvalue weighted by Crippen LogP contribution is 2.41. The first kappa shape index (κ1) is 22.5. The van der Waals surface area contributed by atoms with Gasteiger partial charge in [-0.1, -0.05) is 0 Å². The number of anilines is 2. The van der Waals surface area contributed by atoms with Crippen LogP contribution in [0.3, 0.4) is 0 Å². The number of hydrogen-bond acceptors (Lipinski definition) is 9. The van der Waals surface area contributed by atoms with Gasteiger partial charge in [-0.3, -0.25) is 0 Å². The van der Waals surface area contributed by atoms with Crippen LogP contribution >= 0.6 is 0 Å². The Morgan fingerprint density at radius 3 is 2.46 bits per heavy atom. The highest BCUT2D eigenvalue weighted by molar-refractivity contribution is 5.90. The summed E-state index contributed by atoms with van der Waals surface area (Å²) in [6.07, 6.45) is 0. The van der Waals surface area contributed by atoms with Gasteiger partial charge in [-0.2, -0.15) is 9.97 Å². The van der Waals surface area contributed by atoms with Crippen molar-refractivity contribution in [2.45, 2.75) is 32.5 Å². The summed E-state index contributed by atoms with van der Waals surface area (Å²) in [5.41, 5.74) is 3.35. The van der Waals surface area contributed by atoms with Crippen LogP contribution in [-0.2, 0) is 16.1 Å². The third-order valence-electron chi connectivity index (χ3n) is 7.34. The van der Waals surface area contributed by atoms with Crippen molar-refractivity contribution in [1.82, 2.24) is 15.0 Å². The smallest absolute Gasteiger partial charge is 0.229 e. The molecular weight excluding hydrogens is 446 g/mol. The van der Waals surface area contributed by atoms with Crippen LogP contribution < -0.4 is 14.5 Å². The number of morpholine rings is 1. The van der Waals surface area contributed by atoms with E-state index in [0.717, 1.165) is 54.3 Å². The standard InChI is InChI=1S/C26H31N5O4/c1-16-10-34-11-17(2)31(16)24-20-5-6-21(18-4-7-22(33-3)19(8-18)9-32)27-23(20)28-25(29-24)30-12-26(13-30)14-35-15-26/h4-8,16-17,32H,9-15H2,1-3H3. The second kappa shape index (κ2) is 8.58. The summed E-state index contributed by atoms with van der Waals surface area (Å²) < 4.78 is 16.6. The molecule has 0 radical (unpaired) electrons. The molecule has 0 aliphatic carbocycles. The number of aliphatic hydroxyl groups excluding tert-OH is 1. The first-order valence-electron chi connectivity index (χ1n) is 12.2. The van der Waals surface area contributed by atoms with E-state index >= 15 is 0 Å². The summed E-state index contributed by atoms with van der Waals surface area (Å²) in [5.74, 6) is 2.28. The lowest BCUT2D eigenvalue weighted by Gasteiger charge is -2.55. The third kappa shape index (κ3) is 3.78. The van der Waals surface area contributed by atoms with Gasteiger partial charge in [0.15, 0.2) is 5.65 Å². The number of methoxy groups -OCH3 is 1. The largest absolute Gasteiger partial charge is 0.496 e. The maximum absolute atomic E-state index is 9.77. The summed E-state index contributed by atoms with van der Waals surface area (Å²) in [6.45, 7) is 9.01. The highest BCUT2D eigenvalue weighted by Gasteiger charge is 2.50. The molecule has 0 bridgehead atoms. The Balaban J connectivity index is 1.45. The quantitative estimate of drug-likeness (QED) is 0.595. The van der Waals surface area contributed by atoms with Gasteiger partial charge in [0, 0.05) is 24.2 Å². The second-order valence-corrected chi connectivity index (χ2v) is 10.1. The van der Waals surface area contributed by atoms with Crippen molar-refractivity contribution in [1.29, 1.82) is 0 Å². The van der Waals surface area contributed by atoms with E-state index in [1.807, 2.05) is 24.3 Å². The Morgan fingerprint density at radius 1 is 1.03 bits per heavy atom. The molecule has 184 valence electrons. The molecule has 9 nitrogen and oxygen atoms in total. The average molecular weight is 478 g/mol. The lowest BCUT2D eigenvalue weighted by molar-refractivity contribution is -0.127. The van der Waals surface area contributed by atoms with E-state index in [1.165, 1.54) is 0 Å². The Hall–Kier alpha value is -3.01. The van der Waals surface area contributed by atoms with E-state index in [0.29, 0.717) is 30.6 Å². The van der Waals surface area contributed by atoms with Crippen LogP contribution in [0, 0.1) is 5.41 Å². The molecule has 1 N–H and O–H groups in total. The summed E-state index contributed by atoms with van der Waals surface area (Å²) in [6, 6.07) is 10.2. The molecule has 2 atom stereocenters. The fourth-order valence-electron chi connectivity index (χ4n) is 5.44. The summed E-state index contributed by atoms with van der Waals surface area (Å²) in [4.78, 5) is 19.5. The van der Waals surface area contributed by atoms with Crippen molar-refractivity contribution in [2.75, 3.05) is 56.4 Å². The maximum Gasteiger partial charge on any atom is 0.229 e. The van der Waals surface area contributed by atoms with E-state index < -0.39 is 0 Å². The molecule has 3 saturated heterocycles. The van der Waals surface area contributed by atoms with Gasteiger partial charge in [0.05, 0.1) is 68.7 Å². The SMILES string of the molecule is COc1ccc(-c2ccc3c(N4C(C)COCC4C)nc(N4CC5(COC5)C4)nc3n2)cc1CO. The fraction of sp³-hybridized carbons (Fsp3) is 0.500. The minimum absolute atomic E-state index is 0.103. The van der Waals surface area contributed by atoms with Crippen LogP contribution in [0.2, 0.25) is 0 Å². The third-order valence-corrected chi connectivity index (χ3v) is 7.34. The summed E-state index contributed by atoms with van der Waals surface area (Å²) in [7, 11) is 1.60. The van der Waals surface area contributed by atoms with Gasteiger partial charge >= 0.3 is 0 Å². The average Bonchev–Trinajstić information content (AvgIpc) is 2.81. The number of aliphatic hydroxyl groups is 1. The molecule has 5 heterocycles. The van der Waals surface area contributed by atoms with Gasteiger partial charge < -0.3 is 29.1 Å². The number of benzene rings is 1. The van der Waals surface area contributed by atoms with Crippen molar-refractivity contribution in [3.63, 3.8) is 0 Å². The molecule has 3 aromatic rings. The first-order valence-corrected chi connectivity index (χ1v) is 12.2. The van der Waals surface area contributed by atoms with Gasteiger partial charge in [-0.15, -0.1) is 0 Å². The summed E-state index contributed by atoms with van der Waals surface area (Å²) in [5, 5.41) is 10.7. The van der Waals surface area contributed by atoms with Gasteiger partial charge in [0.2, 0.25) is 5.95 Å². The molecule has 1 spiro atoms. The minimum atomic E-state index is -0.103. The predicted octanol–water partition coefficient (Wildman–Crippen LogP) is 2.64. The molecular formula is C26H31N5O4. The predicted molar refractivity (Wildman–Crippen MR) is 133 cm³/mol. The number of rotatable bonds is 5. The zero-order valence-electron chi connectivity index (χ0n) is 20.4. The Bertz CT molecular complexity index is 1250. The Kier molecular flexibility index (Phi) is 5.51. The van der Waals surface area contributed by atoms with Crippen LogP contribution in [0.5, 0.6) is 5.75 Å². The van der Waals surface area contributed by atoms with Gasteiger partial charge in [-0.25, -0.2) is 4.98 Å². The number of fused-ring (bicyclic) bond motifs is 1. The fourth-order valence-corrected chi connectivity index (χ4v) is 5.44. The Morgan fingerprint density at radius 2 is 1.80 bits per heavy atom. The number of nitrogens with zero attached hydrogens (tertiary/aromatic N) is 5. The molecule has 1 aromatic carbocycles. The van der Waals surface area contributed by atoms with Crippen molar-refractivity contribution >= 4 is 22.8 Å². The van der Waals surface area contributed by atoms with Crippen molar-refractivity contribution < 1.29 is 19.3 Å². The van der Waals surface area contributed by atoms with Crippen LogP contribution in [0.4, 0.5) is 11.8 Å². The van der Waals surface area contributed by atoms with E-state index in [-0.39, 0.29) is 24.1 Å². The van der Waals surface area contributed by atoms with Gasteiger partial charge in [-0.05, 0) is 44.2 Å². The Labute approximate surface area is 204 Å². The molecule has 6 rings (SSSR count). The molecule has 3 fully saturated rings. The zero-order chi connectivity index (χ0) is 24.2. The van der Waals surface area contributed by atoms with Crippen molar-refractivity contribution in [2.24, 2.45) is 5.41 Å². The number of pyridine rings is 1. The zero-order valence-corrected chi connectivity index (χ0v) is 20.4. The highest BCUT2D eigenvalue weighted by atomic mass is 16.5. The van der Waals surface area contributed by atoms with Crippen LogP contribution in [0.1, 0.15) is 19.4 Å². The summed E-state index contributed by atoms with van der Waals surface area (Å²) >= 11 is 0. The van der Waals surface area contributed by atoms with Crippen LogP contribution in [0.25, 0.3) is 22.3 Å². The maximum atomic E-state index is 9.77. The van der Waals surface area contributed by atoms with Crippen molar-refractivity contribution in [3.8, 4) is 17.0 Å². The monoisotopic (exact) mass is 477 g/mol. The molecule has 35 heavy (non-hydrogen) atoms. The number of hydrogen-bond donors (Lipinski definition) is 1. The van der Waals surface area contributed by atoms with Crippen LogP contribution in [0.15, 0.2) is 30.3 Å². The topological polar surface area (TPSA) is 93.1 Å². The van der Waals surface area contributed by atoms with Crippen molar-refractivity contribution in [3.05, 3.63) is 35.9 Å². The molecule has 2 unspecified atom stereocenters.